The van der Waals surface area contributed by atoms with Crippen molar-refractivity contribution in [3.05, 3.63) is 29.3 Å². The number of aliphatic hydroxyl groups is 2. The van der Waals surface area contributed by atoms with Crippen molar-refractivity contribution in [2.75, 3.05) is 6.61 Å². The minimum absolute atomic E-state index is 0.0401. The number of ether oxygens (including phenoxy) is 1. The summed E-state index contributed by atoms with van der Waals surface area (Å²) in [5.74, 6) is -2.02. The molecule has 112 valence electrons. The van der Waals surface area contributed by atoms with E-state index >= 15 is 0 Å². The van der Waals surface area contributed by atoms with Crippen LogP contribution in [0.5, 0.6) is 5.75 Å². The second-order valence-corrected chi connectivity index (χ2v) is 3.91. The van der Waals surface area contributed by atoms with Gasteiger partial charge in [-0.1, -0.05) is 6.07 Å². The number of phenolic OH excluding ortho intramolecular Hbond substituents is 1. The zero-order valence-corrected chi connectivity index (χ0v) is 10.4. The summed E-state index contributed by atoms with van der Waals surface area (Å²) in [6.07, 6.45) is -8.55. The molecule has 1 aromatic carbocycles. The SMILES string of the molecule is CCOC(=O)C(O)C(O)c1ccc(C(F)(F)F)cc1O. The zero-order valence-electron chi connectivity index (χ0n) is 10.4. The van der Waals surface area contributed by atoms with Gasteiger partial charge in [-0.2, -0.15) is 13.2 Å². The maximum atomic E-state index is 12.4. The average Bonchev–Trinajstić information content (AvgIpc) is 2.36. The van der Waals surface area contributed by atoms with Crippen molar-refractivity contribution in [3.8, 4) is 5.75 Å². The largest absolute Gasteiger partial charge is 0.508 e. The first-order chi connectivity index (χ1) is 9.18. The van der Waals surface area contributed by atoms with Gasteiger partial charge in [-0.15, -0.1) is 0 Å². The van der Waals surface area contributed by atoms with Crippen LogP contribution in [0.15, 0.2) is 18.2 Å². The number of carbonyl (C=O) groups is 1. The van der Waals surface area contributed by atoms with Crippen LogP contribution in [0.4, 0.5) is 13.2 Å². The Morgan fingerprint density at radius 2 is 1.95 bits per heavy atom. The number of rotatable bonds is 4. The monoisotopic (exact) mass is 294 g/mol. The molecule has 0 saturated heterocycles. The highest BCUT2D eigenvalue weighted by atomic mass is 19.4. The molecule has 2 atom stereocenters. The summed E-state index contributed by atoms with van der Waals surface area (Å²) >= 11 is 0. The first-order valence-electron chi connectivity index (χ1n) is 5.61. The Hall–Kier alpha value is -1.80. The van der Waals surface area contributed by atoms with Crippen molar-refractivity contribution in [2.24, 2.45) is 0 Å². The minimum atomic E-state index is -4.65. The van der Waals surface area contributed by atoms with Gasteiger partial charge in [0, 0.05) is 5.56 Å². The van der Waals surface area contributed by atoms with Crippen molar-refractivity contribution < 1.29 is 38.0 Å². The quantitative estimate of drug-likeness (QED) is 0.730. The number of hydrogen-bond donors (Lipinski definition) is 3. The van der Waals surface area contributed by atoms with E-state index in [4.69, 9.17) is 0 Å². The molecular formula is C12H13F3O5. The van der Waals surface area contributed by atoms with E-state index < -0.39 is 41.2 Å². The van der Waals surface area contributed by atoms with Gasteiger partial charge in [0.15, 0.2) is 6.10 Å². The lowest BCUT2D eigenvalue weighted by atomic mass is 10.0. The highest BCUT2D eigenvalue weighted by Crippen LogP contribution is 2.35. The van der Waals surface area contributed by atoms with Crippen molar-refractivity contribution in [2.45, 2.75) is 25.3 Å². The molecule has 0 radical (unpaired) electrons. The van der Waals surface area contributed by atoms with Crippen molar-refractivity contribution in [3.63, 3.8) is 0 Å². The van der Waals surface area contributed by atoms with Crippen molar-refractivity contribution >= 4 is 5.97 Å². The smallest absolute Gasteiger partial charge is 0.416 e. The number of halogens is 3. The molecule has 0 saturated carbocycles. The van der Waals surface area contributed by atoms with Gasteiger partial charge >= 0.3 is 12.1 Å². The van der Waals surface area contributed by atoms with Crippen LogP contribution in [0.1, 0.15) is 24.2 Å². The fraction of sp³-hybridized carbons (Fsp3) is 0.417. The van der Waals surface area contributed by atoms with E-state index in [-0.39, 0.29) is 6.61 Å². The summed E-state index contributed by atoms with van der Waals surface area (Å²) in [6, 6.07) is 1.80. The van der Waals surface area contributed by atoms with Crippen LogP contribution in [0, 0.1) is 0 Å². The Kier molecular flexibility index (Phi) is 4.96. The molecule has 5 nitrogen and oxygen atoms in total. The Balaban J connectivity index is 3.00. The highest BCUT2D eigenvalue weighted by molar-refractivity contribution is 5.75. The molecule has 0 aliphatic heterocycles. The molecule has 0 amide bonds. The molecule has 0 aliphatic carbocycles. The van der Waals surface area contributed by atoms with Gasteiger partial charge < -0.3 is 20.1 Å². The summed E-state index contributed by atoms with van der Waals surface area (Å²) in [6.45, 7) is 1.44. The third kappa shape index (κ3) is 3.61. The fourth-order valence-electron chi connectivity index (χ4n) is 1.50. The molecule has 1 rings (SSSR count). The third-order valence-electron chi connectivity index (χ3n) is 2.50. The predicted octanol–water partition coefficient (Wildman–Crippen LogP) is 1.37. The summed E-state index contributed by atoms with van der Waals surface area (Å²) < 4.78 is 41.6. The standard InChI is InChI=1S/C12H13F3O5/c1-2-20-11(19)10(18)9(17)7-4-3-6(5-8(7)16)12(13,14)15/h3-5,9-10,16-18H,2H2,1H3. The van der Waals surface area contributed by atoms with E-state index in [1.54, 1.807) is 0 Å². The van der Waals surface area contributed by atoms with Crippen LogP contribution < -0.4 is 0 Å². The number of aliphatic hydroxyl groups excluding tert-OH is 2. The van der Waals surface area contributed by atoms with Gasteiger partial charge in [0.1, 0.15) is 11.9 Å². The Morgan fingerprint density at radius 3 is 2.40 bits per heavy atom. The van der Waals surface area contributed by atoms with Crippen molar-refractivity contribution in [1.29, 1.82) is 0 Å². The number of hydrogen-bond acceptors (Lipinski definition) is 5. The number of benzene rings is 1. The first-order valence-corrected chi connectivity index (χ1v) is 5.61. The zero-order chi connectivity index (χ0) is 15.5. The van der Waals surface area contributed by atoms with E-state index in [0.717, 1.165) is 6.07 Å². The molecule has 8 heteroatoms. The molecule has 20 heavy (non-hydrogen) atoms. The molecule has 0 fully saturated rings. The minimum Gasteiger partial charge on any atom is -0.508 e. The van der Waals surface area contributed by atoms with Crippen LogP contribution in [-0.2, 0) is 15.7 Å². The highest BCUT2D eigenvalue weighted by Gasteiger charge is 2.33. The molecule has 0 bridgehead atoms. The fourth-order valence-corrected chi connectivity index (χ4v) is 1.50. The number of alkyl halides is 3. The molecule has 0 aliphatic rings. The molecule has 0 heterocycles. The van der Waals surface area contributed by atoms with Crippen LogP contribution in [0.25, 0.3) is 0 Å². The third-order valence-corrected chi connectivity index (χ3v) is 2.50. The van der Waals surface area contributed by atoms with Gasteiger partial charge in [0.05, 0.1) is 12.2 Å². The maximum Gasteiger partial charge on any atom is 0.416 e. The van der Waals surface area contributed by atoms with E-state index in [2.05, 4.69) is 4.74 Å². The summed E-state index contributed by atoms with van der Waals surface area (Å²) in [4.78, 5) is 11.2. The van der Waals surface area contributed by atoms with Crippen LogP contribution in [0.2, 0.25) is 0 Å². The Bertz CT molecular complexity index is 486. The number of aromatic hydroxyl groups is 1. The van der Waals surface area contributed by atoms with Crippen LogP contribution in [-0.4, -0.2) is 34.0 Å². The number of esters is 1. The second-order valence-electron chi connectivity index (χ2n) is 3.91. The van der Waals surface area contributed by atoms with E-state index in [1.165, 1.54) is 6.92 Å². The van der Waals surface area contributed by atoms with Gasteiger partial charge in [0.25, 0.3) is 0 Å². The van der Waals surface area contributed by atoms with Gasteiger partial charge in [-0.05, 0) is 19.1 Å². The van der Waals surface area contributed by atoms with Gasteiger partial charge in [0.2, 0.25) is 0 Å². The van der Waals surface area contributed by atoms with Gasteiger partial charge in [-0.3, -0.25) is 0 Å². The Morgan fingerprint density at radius 1 is 1.35 bits per heavy atom. The average molecular weight is 294 g/mol. The molecule has 2 unspecified atom stereocenters. The van der Waals surface area contributed by atoms with Crippen LogP contribution >= 0.6 is 0 Å². The number of carbonyl (C=O) groups excluding carboxylic acids is 1. The molecule has 1 aromatic rings. The summed E-state index contributed by atoms with van der Waals surface area (Å²) in [5, 5.41) is 28.6. The van der Waals surface area contributed by atoms with Gasteiger partial charge in [-0.25, -0.2) is 4.79 Å². The van der Waals surface area contributed by atoms with Crippen molar-refractivity contribution in [1.82, 2.24) is 0 Å². The molecule has 3 N–H and O–H groups in total. The van der Waals surface area contributed by atoms with E-state index in [1.807, 2.05) is 0 Å². The van der Waals surface area contributed by atoms with E-state index in [0.29, 0.717) is 12.1 Å². The second kappa shape index (κ2) is 6.10. The molecular weight excluding hydrogens is 281 g/mol. The van der Waals surface area contributed by atoms with Crippen LogP contribution in [0.3, 0.4) is 0 Å². The Labute approximate surface area is 112 Å². The lowest BCUT2D eigenvalue weighted by Crippen LogP contribution is -2.30. The molecule has 0 spiro atoms. The number of phenols is 1. The normalized spacial score (nSPS) is 14.7. The predicted molar refractivity (Wildman–Crippen MR) is 60.7 cm³/mol. The first kappa shape index (κ1) is 16.3. The summed E-state index contributed by atoms with van der Waals surface area (Å²) in [7, 11) is 0. The van der Waals surface area contributed by atoms with E-state index in [9.17, 15) is 33.3 Å². The molecule has 0 aromatic heterocycles. The lowest BCUT2D eigenvalue weighted by molar-refractivity contribution is -0.159. The lowest BCUT2D eigenvalue weighted by Gasteiger charge is -2.18. The maximum absolute atomic E-state index is 12.4. The topological polar surface area (TPSA) is 87.0 Å². The summed E-state index contributed by atoms with van der Waals surface area (Å²) in [5.41, 5.74) is -1.52.